The van der Waals surface area contributed by atoms with Crippen LogP contribution in [0.1, 0.15) is 38.5 Å². The zero-order valence-electron chi connectivity index (χ0n) is 10.2. The number of carbonyl (C=O) groups excluding carboxylic acids is 2. The molecule has 2 fully saturated rings. The predicted molar refractivity (Wildman–Crippen MR) is 60.7 cm³/mol. The maximum absolute atomic E-state index is 12.0. The van der Waals surface area contributed by atoms with Crippen LogP contribution in [-0.4, -0.2) is 46.5 Å². The van der Waals surface area contributed by atoms with Crippen molar-refractivity contribution < 1.29 is 24.2 Å². The van der Waals surface area contributed by atoms with Gasteiger partial charge in [-0.3, -0.25) is 14.5 Å². The number of rotatable bonds is 2. The SMILES string of the molecule is O=C1CCCCC(=O)N1C1(C(=O)O)CCOCC1. The number of amides is 2. The Morgan fingerprint density at radius 2 is 1.61 bits per heavy atom. The quantitative estimate of drug-likeness (QED) is 0.728. The minimum absolute atomic E-state index is 0.180. The third-order valence-electron chi connectivity index (χ3n) is 3.68. The van der Waals surface area contributed by atoms with Gasteiger partial charge in [0.1, 0.15) is 0 Å². The van der Waals surface area contributed by atoms with Crippen molar-refractivity contribution in [3.63, 3.8) is 0 Å². The van der Waals surface area contributed by atoms with E-state index in [4.69, 9.17) is 4.74 Å². The minimum atomic E-state index is -1.39. The van der Waals surface area contributed by atoms with Gasteiger partial charge in [0.05, 0.1) is 0 Å². The van der Waals surface area contributed by atoms with E-state index in [1.165, 1.54) is 0 Å². The fourth-order valence-corrected chi connectivity index (χ4v) is 2.63. The van der Waals surface area contributed by atoms with Gasteiger partial charge in [0.15, 0.2) is 5.54 Å². The average Bonchev–Trinajstić information content (AvgIpc) is 2.51. The highest BCUT2D eigenvalue weighted by molar-refractivity contribution is 6.01. The summed E-state index contributed by atoms with van der Waals surface area (Å²) in [4.78, 5) is 36.7. The summed E-state index contributed by atoms with van der Waals surface area (Å²) in [5.41, 5.74) is -1.39. The summed E-state index contributed by atoms with van der Waals surface area (Å²) in [6.07, 6.45) is 2.16. The summed E-state index contributed by atoms with van der Waals surface area (Å²) in [6.45, 7) is 0.534. The van der Waals surface area contributed by atoms with Crippen LogP contribution in [0, 0.1) is 0 Å². The standard InChI is InChI=1S/C12H17NO5/c14-9-3-1-2-4-10(15)13(9)12(11(16)17)5-7-18-8-6-12/h1-8H2,(H,16,17). The van der Waals surface area contributed by atoms with E-state index in [9.17, 15) is 19.5 Å². The van der Waals surface area contributed by atoms with Crippen molar-refractivity contribution in [2.45, 2.75) is 44.1 Å². The lowest BCUT2D eigenvalue weighted by molar-refractivity contribution is -0.172. The third kappa shape index (κ3) is 2.12. The van der Waals surface area contributed by atoms with Crippen LogP contribution in [-0.2, 0) is 19.1 Å². The molecule has 2 aliphatic rings. The molecule has 18 heavy (non-hydrogen) atoms. The topological polar surface area (TPSA) is 83.9 Å². The second-order valence-electron chi connectivity index (χ2n) is 4.78. The monoisotopic (exact) mass is 255 g/mol. The molecule has 100 valence electrons. The molecule has 2 heterocycles. The lowest BCUT2D eigenvalue weighted by atomic mass is 9.87. The molecule has 6 heteroatoms. The number of imide groups is 1. The molecule has 0 atom stereocenters. The number of carboxylic acid groups (broad SMARTS) is 1. The van der Waals surface area contributed by atoms with Gasteiger partial charge in [-0.15, -0.1) is 0 Å². The fraction of sp³-hybridized carbons (Fsp3) is 0.750. The van der Waals surface area contributed by atoms with Crippen molar-refractivity contribution in [1.82, 2.24) is 4.90 Å². The molecular weight excluding hydrogens is 238 g/mol. The van der Waals surface area contributed by atoms with Gasteiger partial charge in [-0.25, -0.2) is 4.79 Å². The van der Waals surface area contributed by atoms with Gasteiger partial charge < -0.3 is 9.84 Å². The Hall–Kier alpha value is -1.43. The van der Waals surface area contributed by atoms with Crippen molar-refractivity contribution in [2.24, 2.45) is 0 Å². The van der Waals surface area contributed by atoms with Crippen molar-refractivity contribution >= 4 is 17.8 Å². The lowest BCUT2D eigenvalue weighted by Gasteiger charge is -2.41. The number of likely N-dealkylation sites (tertiary alicyclic amines) is 1. The summed E-state index contributed by atoms with van der Waals surface area (Å²) < 4.78 is 5.15. The second kappa shape index (κ2) is 5.06. The number of carboxylic acids is 1. The molecule has 0 aromatic carbocycles. The Morgan fingerprint density at radius 1 is 1.11 bits per heavy atom. The van der Waals surface area contributed by atoms with E-state index in [0.717, 1.165) is 4.90 Å². The zero-order chi connectivity index (χ0) is 13.2. The van der Waals surface area contributed by atoms with Crippen LogP contribution < -0.4 is 0 Å². The molecule has 0 unspecified atom stereocenters. The molecule has 0 spiro atoms. The molecular formula is C12H17NO5. The highest BCUT2D eigenvalue weighted by atomic mass is 16.5. The summed E-state index contributed by atoms with van der Waals surface area (Å²) in [6, 6.07) is 0. The van der Waals surface area contributed by atoms with E-state index in [-0.39, 0.29) is 50.7 Å². The van der Waals surface area contributed by atoms with Crippen LogP contribution in [0.5, 0.6) is 0 Å². The molecule has 2 amide bonds. The molecule has 0 bridgehead atoms. The summed E-state index contributed by atoms with van der Waals surface area (Å²) >= 11 is 0. The Morgan fingerprint density at radius 3 is 2.06 bits per heavy atom. The van der Waals surface area contributed by atoms with Gasteiger partial charge >= 0.3 is 5.97 Å². The first-order valence-electron chi connectivity index (χ1n) is 6.25. The van der Waals surface area contributed by atoms with E-state index >= 15 is 0 Å². The van der Waals surface area contributed by atoms with Crippen LogP contribution in [0.4, 0.5) is 0 Å². The first-order valence-corrected chi connectivity index (χ1v) is 6.25. The fourth-order valence-electron chi connectivity index (χ4n) is 2.63. The number of carbonyl (C=O) groups is 3. The molecule has 0 radical (unpaired) electrons. The van der Waals surface area contributed by atoms with E-state index < -0.39 is 11.5 Å². The van der Waals surface area contributed by atoms with E-state index in [1.54, 1.807) is 0 Å². The molecule has 6 nitrogen and oxygen atoms in total. The van der Waals surface area contributed by atoms with Gasteiger partial charge in [-0.05, 0) is 12.8 Å². The van der Waals surface area contributed by atoms with Crippen LogP contribution >= 0.6 is 0 Å². The van der Waals surface area contributed by atoms with Crippen molar-refractivity contribution in [3.8, 4) is 0 Å². The molecule has 0 aromatic rings. The Balaban J connectivity index is 2.35. The highest BCUT2D eigenvalue weighted by Gasteiger charge is 2.50. The zero-order valence-corrected chi connectivity index (χ0v) is 10.2. The number of hydrogen-bond acceptors (Lipinski definition) is 4. The van der Waals surface area contributed by atoms with Gasteiger partial charge in [0.25, 0.3) is 0 Å². The van der Waals surface area contributed by atoms with Crippen LogP contribution in [0.2, 0.25) is 0 Å². The largest absolute Gasteiger partial charge is 0.479 e. The average molecular weight is 255 g/mol. The predicted octanol–water partition coefficient (Wildman–Crippen LogP) is 0.549. The van der Waals surface area contributed by atoms with Gasteiger partial charge in [-0.1, -0.05) is 0 Å². The molecule has 0 aliphatic carbocycles. The van der Waals surface area contributed by atoms with Gasteiger partial charge in [-0.2, -0.15) is 0 Å². The maximum Gasteiger partial charge on any atom is 0.330 e. The third-order valence-corrected chi connectivity index (χ3v) is 3.68. The van der Waals surface area contributed by atoms with Gasteiger partial charge in [0.2, 0.25) is 11.8 Å². The molecule has 2 rings (SSSR count). The van der Waals surface area contributed by atoms with E-state index in [2.05, 4.69) is 0 Å². The minimum Gasteiger partial charge on any atom is -0.479 e. The Labute approximate surface area is 105 Å². The molecule has 0 aromatic heterocycles. The lowest BCUT2D eigenvalue weighted by Crippen LogP contribution is -2.61. The highest BCUT2D eigenvalue weighted by Crippen LogP contribution is 2.31. The first kappa shape index (κ1) is 13.0. The normalized spacial score (nSPS) is 24.8. The second-order valence-corrected chi connectivity index (χ2v) is 4.78. The van der Waals surface area contributed by atoms with Crippen LogP contribution in [0.25, 0.3) is 0 Å². The summed E-state index contributed by atoms with van der Waals surface area (Å²) in [7, 11) is 0. The van der Waals surface area contributed by atoms with Crippen molar-refractivity contribution in [2.75, 3.05) is 13.2 Å². The number of ether oxygens (including phenoxy) is 1. The van der Waals surface area contributed by atoms with Crippen molar-refractivity contribution in [3.05, 3.63) is 0 Å². The smallest absolute Gasteiger partial charge is 0.330 e. The Bertz CT molecular complexity index is 355. The van der Waals surface area contributed by atoms with Gasteiger partial charge in [0, 0.05) is 38.9 Å². The molecule has 2 saturated heterocycles. The first-order chi connectivity index (χ1) is 8.58. The maximum atomic E-state index is 12.0. The Kier molecular flexibility index (Phi) is 3.65. The number of hydrogen-bond donors (Lipinski definition) is 1. The number of nitrogens with zero attached hydrogens (tertiary/aromatic N) is 1. The van der Waals surface area contributed by atoms with E-state index in [0.29, 0.717) is 12.8 Å². The molecule has 2 aliphatic heterocycles. The summed E-state index contributed by atoms with van der Waals surface area (Å²) in [5.74, 6) is -1.82. The summed E-state index contributed by atoms with van der Waals surface area (Å²) in [5, 5.41) is 9.47. The molecule has 1 N–H and O–H groups in total. The van der Waals surface area contributed by atoms with E-state index in [1.807, 2.05) is 0 Å². The van der Waals surface area contributed by atoms with Crippen molar-refractivity contribution in [1.29, 1.82) is 0 Å². The van der Waals surface area contributed by atoms with Crippen LogP contribution in [0.15, 0.2) is 0 Å². The van der Waals surface area contributed by atoms with Crippen LogP contribution in [0.3, 0.4) is 0 Å². The molecule has 0 saturated carbocycles. The number of aliphatic carboxylic acids is 1.